The summed E-state index contributed by atoms with van der Waals surface area (Å²) in [6, 6.07) is 12.9. The molecule has 0 aliphatic rings. The highest BCUT2D eigenvalue weighted by Gasteiger charge is 2.32. The van der Waals surface area contributed by atoms with Crippen molar-refractivity contribution in [2.45, 2.75) is 66.4 Å². The van der Waals surface area contributed by atoms with Gasteiger partial charge < -0.3 is 9.47 Å². The van der Waals surface area contributed by atoms with Crippen molar-refractivity contribution >= 4 is 5.97 Å². The van der Waals surface area contributed by atoms with Crippen molar-refractivity contribution in [3.8, 4) is 5.75 Å². The maximum atomic E-state index is 12.3. The lowest BCUT2D eigenvalue weighted by molar-refractivity contribution is -0.158. The SMILES string of the molecule is CCOC(=O)C(C)(C)Oc1cc(C)cc(C)c1Cc1ccc(C(C)C)cc1. The summed E-state index contributed by atoms with van der Waals surface area (Å²) in [5.74, 6) is 0.916. The highest BCUT2D eigenvalue weighted by Crippen LogP contribution is 2.31. The molecule has 0 spiro atoms. The van der Waals surface area contributed by atoms with Crippen LogP contribution in [-0.2, 0) is 16.0 Å². The zero-order valence-electron chi connectivity index (χ0n) is 17.7. The third-order valence-electron chi connectivity index (χ3n) is 4.74. The van der Waals surface area contributed by atoms with Gasteiger partial charge in [-0.15, -0.1) is 0 Å². The minimum absolute atomic E-state index is 0.341. The van der Waals surface area contributed by atoms with E-state index in [0.717, 1.165) is 28.9 Å². The van der Waals surface area contributed by atoms with Gasteiger partial charge in [-0.1, -0.05) is 44.2 Å². The van der Waals surface area contributed by atoms with E-state index < -0.39 is 5.60 Å². The lowest BCUT2D eigenvalue weighted by Crippen LogP contribution is -2.40. The van der Waals surface area contributed by atoms with Gasteiger partial charge in [0, 0.05) is 12.0 Å². The van der Waals surface area contributed by atoms with Crippen LogP contribution >= 0.6 is 0 Å². The second-order valence-corrected chi connectivity index (χ2v) is 7.96. The van der Waals surface area contributed by atoms with Gasteiger partial charge in [0.05, 0.1) is 6.61 Å². The number of aryl methyl sites for hydroxylation is 2. The van der Waals surface area contributed by atoms with E-state index in [-0.39, 0.29) is 5.97 Å². The predicted molar refractivity (Wildman–Crippen MR) is 111 cm³/mol. The van der Waals surface area contributed by atoms with E-state index in [1.807, 2.05) is 13.0 Å². The Morgan fingerprint density at radius 3 is 2.26 bits per heavy atom. The molecule has 0 unspecified atom stereocenters. The van der Waals surface area contributed by atoms with Crippen molar-refractivity contribution in [3.63, 3.8) is 0 Å². The Labute approximate surface area is 163 Å². The van der Waals surface area contributed by atoms with Gasteiger partial charge in [0.15, 0.2) is 5.60 Å². The third kappa shape index (κ3) is 5.35. The first kappa shape index (κ1) is 21.0. The summed E-state index contributed by atoms with van der Waals surface area (Å²) in [6.07, 6.45) is 0.763. The van der Waals surface area contributed by atoms with Crippen LogP contribution in [0.1, 0.15) is 68.4 Å². The molecule has 0 N–H and O–H groups in total. The van der Waals surface area contributed by atoms with Crippen LogP contribution in [0.3, 0.4) is 0 Å². The lowest BCUT2D eigenvalue weighted by atomic mass is 9.95. The number of hydrogen-bond donors (Lipinski definition) is 0. The second kappa shape index (κ2) is 8.60. The molecule has 3 heteroatoms. The first-order valence-corrected chi connectivity index (χ1v) is 9.69. The van der Waals surface area contributed by atoms with E-state index >= 15 is 0 Å². The molecule has 0 aliphatic heterocycles. The molecule has 0 radical (unpaired) electrons. The number of esters is 1. The molecule has 0 aromatic heterocycles. The Morgan fingerprint density at radius 1 is 1.07 bits per heavy atom. The molecule has 0 heterocycles. The van der Waals surface area contributed by atoms with Crippen molar-refractivity contribution in [1.29, 1.82) is 0 Å². The van der Waals surface area contributed by atoms with Gasteiger partial charge in [0.25, 0.3) is 0 Å². The van der Waals surface area contributed by atoms with Gasteiger partial charge in [0.2, 0.25) is 0 Å². The molecule has 2 rings (SSSR count). The Hall–Kier alpha value is -2.29. The van der Waals surface area contributed by atoms with E-state index in [2.05, 4.69) is 51.1 Å². The molecule has 3 nitrogen and oxygen atoms in total. The second-order valence-electron chi connectivity index (χ2n) is 7.96. The van der Waals surface area contributed by atoms with E-state index in [1.54, 1.807) is 20.8 Å². The smallest absolute Gasteiger partial charge is 0.349 e. The molecular formula is C24H32O3. The van der Waals surface area contributed by atoms with Crippen LogP contribution in [0.2, 0.25) is 0 Å². The maximum absolute atomic E-state index is 12.3. The molecule has 27 heavy (non-hydrogen) atoms. The monoisotopic (exact) mass is 368 g/mol. The Morgan fingerprint density at radius 2 is 1.70 bits per heavy atom. The van der Waals surface area contributed by atoms with Crippen molar-refractivity contribution in [1.82, 2.24) is 0 Å². The van der Waals surface area contributed by atoms with Crippen molar-refractivity contribution < 1.29 is 14.3 Å². The summed E-state index contributed by atoms with van der Waals surface area (Å²) in [5, 5.41) is 0. The van der Waals surface area contributed by atoms with Crippen LogP contribution in [-0.4, -0.2) is 18.2 Å². The van der Waals surface area contributed by atoms with Gasteiger partial charge in [-0.05, 0) is 68.9 Å². The molecule has 0 aliphatic carbocycles. The molecule has 0 atom stereocenters. The third-order valence-corrected chi connectivity index (χ3v) is 4.74. The van der Waals surface area contributed by atoms with Gasteiger partial charge in [-0.3, -0.25) is 0 Å². The average Bonchev–Trinajstić information content (AvgIpc) is 2.58. The first-order valence-electron chi connectivity index (χ1n) is 9.69. The molecular weight excluding hydrogens is 336 g/mol. The van der Waals surface area contributed by atoms with E-state index in [9.17, 15) is 4.79 Å². The summed E-state index contributed by atoms with van der Waals surface area (Å²) in [5.41, 5.74) is 4.91. The highest BCUT2D eigenvalue weighted by molar-refractivity contribution is 5.79. The number of ether oxygens (including phenoxy) is 2. The first-order chi connectivity index (χ1) is 12.6. The fraction of sp³-hybridized carbons (Fsp3) is 0.458. The van der Waals surface area contributed by atoms with Crippen LogP contribution in [0.4, 0.5) is 0 Å². The summed E-state index contributed by atoms with van der Waals surface area (Å²) < 4.78 is 11.3. The number of rotatable bonds is 7. The molecule has 0 bridgehead atoms. The number of carbonyl (C=O) groups excluding carboxylic acids is 1. The topological polar surface area (TPSA) is 35.5 Å². The standard InChI is InChI=1S/C24H32O3/c1-8-26-23(25)24(6,7)27-22-14-17(4)13-18(5)21(22)15-19-9-11-20(12-10-19)16(2)3/h9-14,16H,8,15H2,1-7H3. The molecule has 2 aromatic carbocycles. The number of benzene rings is 2. The van der Waals surface area contributed by atoms with Gasteiger partial charge in [-0.25, -0.2) is 4.79 Å². The summed E-state index contributed by atoms with van der Waals surface area (Å²) >= 11 is 0. The van der Waals surface area contributed by atoms with Crippen molar-refractivity contribution in [2.75, 3.05) is 6.61 Å². The van der Waals surface area contributed by atoms with Crippen molar-refractivity contribution in [3.05, 3.63) is 64.2 Å². The summed E-state index contributed by atoms with van der Waals surface area (Å²) in [6.45, 7) is 14.2. The van der Waals surface area contributed by atoms with Crippen LogP contribution in [0.15, 0.2) is 36.4 Å². The fourth-order valence-corrected chi connectivity index (χ4v) is 3.12. The van der Waals surface area contributed by atoms with Crippen molar-refractivity contribution in [2.24, 2.45) is 0 Å². The predicted octanol–water partition coefficient (Wildman–Crippen LogP) is 5.74. The summed E-state index contributed by atoms with van der Waals surface area (Å²) in [7, 11) is 0. The van der Waals surface area contributed by atoms with Crippen LogP contribution in [0.5, 0.6) is 5.75 Å². The molecule has 0 saturated carbocycles. The number of carbonyl (C=O) groups is 1. The van der Waals surface area contributed by atoms with Crippen LogP contribution in [0, 0.1) is 13.8 Å². The molecule has 0 fully saturated rings. The van der Waals surface area contributed by atoms with Gasteiger partial charge >= 0.3 is 5.97 Å². The highest BCUT2D eigenvalue weighted by atomic mass is 16.6. The number of hydrogen-bond acceptors (Lipinski definition) is 3. The van der Waals surface area contributed by atoms with E-state index in [0.29, 0.717) is 12.5 Å². The molecule has 146 valence electrons. The Bertz CT molecular complexity index is 786. The van der Waals surface area contributed by atoms with E-state index in [1.165, 1.54) is 11.1 Å². The molecule has 0 saturated heterocycles. The van der Waals surface area contributed by atoms with Gasteiger partial charge in [-0.2, -0.15) is 0 Å². The maximum Gasteiger partial charge on any atom is 0.349 e. The van der Waals surface area contributed by atoms with E-state index in [4.69, 9.17) is 9.47 Å². The Kier molecular flexibility index (Phi) is 6.69. The minimum atomic E-state index is -1.04. The fourth-order valence-electron chi connectivity index (χ4n) is 3.12. The Balaban J connectivity index is 2.34. The molecule has 0 amide bonds. The minimum Gasteiger partial charge on any atom is -0.476 e. The van der Waals surface area contributed by atoms with Crippen LogP contribution < -0.4 is 4.74 Å². The zero-order chi connectivity index (χ0) is 20.2. The van der Waals surface area contributed by atoms with Crippen LogP contribution in [0.25, 0.3) is 0 Å². The molecule has 2 aromatic rings. The summed E-state index contributed by atoms with van der Waals surface area (Å²) in [4.78, 5) is 12.3. The average molecular weight is 369 g/mol. The normalized spacial score (nSPS) is 11.6. The van der Waals surface area contributed by atoms with Gasteiger partial charge in [0.1, 0.15) is 5.75 Å². The zero-order valence-corrected chi connectivity index (χ0v) is 17.7. The lowest BCUT2D eigenvalue weighted by Gasteiger charge is -2.26. The quantitative estimate of drug-likeness (QED) is 0.585. The largest absolute Gasteiger partial charge is 0.476 e.